The molecule has 0 spiro atoms. The topological polar surface area (TPSA) is 3.24 Å². The zero-order valence-corrected chi connectivity index (χ0v) is 9.84. The van der Waals surface area contributed by atoms with Crippen molar-refractivity contribution in [2.24, 2.45) is 5.92 Å². The fourth-order valence-corrected chi connectivity index (χ4v) is 3.37. The summed E-state index contributed by atoms with van der Waals surface area (Å²) in [4.78, 5) is 2.84. The summed E-state index contributed by atoms with van der Waals surface area (Å²) < 4.78 is 0. The van der Waals surface area contributed by atoms with Crippen LogP contribution in [0.1, 0.15) is 58.8 Å². The van der Waals surface area contributed by atoms with Crippen molar-refractivity contribution >= 4 is 0 Å². The van der Waals surface area contributed by atoms with Crippen LogP contribution in [0, 0.1) is 5.92 Å². The Balaban J connectivity index is 1.89. The Hall–Kier alpha value is -0.0400. The highest BCUT2D eigenvalue weighted by atomic mass is 15.2. The fourth-order valence-electron chi connectivity index (χ4n) is 3.37. The molecule has 0 radical (unpaired) electrons. The van der Waals surface area contributed by atoms with E-state index < -0.39 is 0 Å². The Labute approximate surface area is 88.9 Å². The second-order valence-corrected chi connectivity index (χ2v) is 5.60. The zero-order valence-electron chi connectivity index (χ0n) is 9.84. The average Bonchev–Trinajstić information content (AvgIpc) is 2.70. The van der Waals surface area contributed by atoms with E-state index in [1.54, 1.807) is 0 Å². The van der Waals surface area contributed by atoms with Crippen molar-refractivity contribution in [3.05, 3.63) is 0 Å². The largest absolute Gasteiger partial charge is 0.297 e. The molecule has 1 atom stereocenters. The third-order valence-electron chi connectivity index (χ3n) is 3.96. The number of nitrogens with zero attached hydrogens (tertiary/aromatic N) is 1. The lowest BCUT2D eigenvalue weighted by molar-refractivity contribution is 0.163. The van der Waals surface area contributed by atoms with Gasteiger partial charge in [0.1, 0.15) is 0 Å². The molecule has 0 bridgehead atoms. The number of rotatable bonds is 3. The predicted octanol–water partition coefficient (Wildman–Crippen LogP) is 3.44. The van der Waals surface area contributed by atoms with Crippen molar-refractivity contribution < 1.29 is 0 Å². The summed E-state index contributed by atoms with van der Waals surface area (Å²) in [6, 6.07) is 1.89. The van der Waals surface area contributed by atoms with E-state index in [4.69, 9.17) is 0 Å². The summed E-state index contributed by atoms with van der Waals surface area (Å²) in [5.41, 5.74) is 0. The van der Waals surface area contributed by atoms with E-state index in [2.05, 4.69) is 18.7 Å². The van der Waals surface area contributed by atoms with Crippen LogP contribution in [0.15, 0.2) is 0 Å². The first-order chi connectivity index (χ1) is 6.77. The molecule has 1 heteroatoms. The summed E-state index contributed by atoms with van der Waals surface area (Å²) in [7, 11) is 0. The van der Waals surface area contributed by atoms with Crippen LogP contribution in [-0.4, -0.2) is 23.5 Å². The van der Waals surface area contributed by atoms with Crippen molar-refractivity contribution in [1.82, 2.24) is 4.90 Å². The molecule has 1 heterocycles. The Kier molecular flexibility index (Phi) is 3.48. The lowest BCUT2D eigenvalue weighted by atomic mass is 10.0. The van der Waals surface area contributed by atoms with Gasteiger partial charge in [0.15, 0.2) is 0 Å². The highest BCUT2D eigenvalue weighted by Gasteiger charge is 2.32. The van der Waals surface area contributed by atoms with E-state index in [9.17, 15) is 0 Å². The van der Waals surface area contributed by atoms with E-state index in [-0.39, 0.29) is 0 Å². The van der Waals surface area contributed by atoms with Crippen molar-refractivity contribution in [2.45, 2.75) is 70.9 Å². The maximum absolute atomic E-state index is 2.84. The molecule has 0 N–H and O–H groups in total. The van der Waals surface area contributed by atoms with Gasteiger partial charge in [-0.1, -0.05) is 26.7 Å². The highest BCUT2D eigenvalue weighted by molar-refractivity contribution is 4.87. The maximum atomic E-state index is 2.84. The summed E-state index contributed by atoms with van der Waals surface area (Å²) >= 11 is 0. The molecule has 0 amide bonds. The molecule has 1 nitrogen and oxygen atoms in total. The van der Waals surface area contributed by atoms with Crippen LogP contribution in [0.3, 0.4) is 0 Å². The second-order valence-electron chi connectivity index (χ2n) is 5.60. The lowest BCUT2D eigenvalue weighted by Gasteiger charge is -2.31. The minimum atomic E-state index is 0.877. The van der Waals surface area contributed by atoms with Gasteiger partial charge in [-0.25, -0.2) is 0 Å². The second kappa shape index (κ2) is 4.65. The third kappa shape index (κ3) is 2.31. The van der Waals surface area contributed by atoms with Crippen LogP contribution in [0.4, 0.5) is 0 Å². The van der Waals surface area contributed by atoms with E-state index >= 15 is 0 Å². The standard InChI is InChI=1S/C13H25N/c1-11(2)10-13-8-5-9-14(13)12-6-3-4-7-12/h11-13H,3-10H2,1-2H3. The predicted molar refractivity (Wildman–Crippen MR) is 61.4 cm³/mol. The van der Waals surface area contributed by atoms with Gasteiger partial charge < -0.3 is 0 Å². The quantitative estimate of drug-likeness (QED) is 0.667. The first kappa shape index (κ1) is 10.5. The molecular weight excluding hydrogens is 170 g/mol. The van der Waals surface area contributed by atoms with Gasteiger partial charge in [0.25, 0.3) is 0 Å². The minimum Gasteiger partial charge on any atom is -0.297 e. The zero-order chi connectivity index (χ0) is 9.97. The average molecular weight is 195 g/mol. The van der Waals surface area contributed by atoms with Crippen LogP contribution < -0.4 is 0 Å². The van der Waals surface area contributed by atoms with Crippen LogP contribution >= 0.6 is 0 Å². The first-order valence-corrected chi connectivity index (χ1v) is 6.53. The van der Waals surface area contributed by atoms with Crippen molar-refractivity contribution in [3.63, 3.8) is 0 Å². The monoisotopic (exact) mass is 195 g/mol. The van der Waals surface area contributed by atoms with Gasteiger partial charge in [-0.3, -0.25) is 4.90 Å². The molecule has 2 aliphatic rings. The summed E-state index contributed by atoms with van der Waals surface area (Å²) in [6.07, 6.45) is 10.3. The maximum Gasteiger partial charge on any atom is 0.0101 e. The molecule has 0 aromatic rings. The molecule has 2 rings (SSSR count). The molecule has 14 heavy (non-hydrogen) atoms. The molecule has 1 unspecified atom stereocenters. The Morgan fingerprint density at radius 2 is 1.79 bits per heavy atom. The van der Waals surface area contributed by atoms with Gasteiger partial charge in [-0.2, -0.15) is 0 Å². The third-order valence-corrected chi connectivity index (χ3v) is 3.96. The van der Waals surface area contributed by atoms with E-state index in [0.29, 0.717) is 0 Å². The van der Waals surface area contributed by atoms with E-state index in [0.717, 1.165) is 18.0 Å². The molecule has 1 aliphatic carbocycles. The molecule has 2 fully saturated rings. The molecule has 82 valence electrons. The normalized spacial score (nSPS) is 30.6. The smallest absolute Gasteiger partial charge is 0.0101 e. The molecule has 1 saturated heterocycles. The molecule has 1 aliphatic heterocycles. The van der Waals surface area contributed by atoms with Gasteiger partial charge >= 0.3 is 0 Å². The highest BCUT2D eigenvalue weighted by Crippen LogP contribution is 2.32. The molecule has 0 aromatic carbocycles. The first-order valence-electron chi connectivity index (χ1n) is 6.53. The van der Waals surface area contributed by atoms with Crippen LogP contribution in [0.5, 0.6) is 0 Å². The Morgan fingerprint density at radius 3 is 2.43 bits per heavy atom. The number of hydrogen-bond donors (Lipinski definition) is 0. The minimum absolute atomic E-state index is 0.877. The van der Waals surface area contributed by atoms with Gasteiger partial charge in [0.2, 0.25) is 0 Å². The van der Waals surface area contributed by atoms with Crippen molar-refractivity contribution in [1.29, 1.82) is 0 Å². The summed E-state index contributed by atoms with van der Waals surface area (Å²) in [5, 5.41) is 0. The number of hydrogen-bond acceptors (Lipinski definition) is 1. The van der Waals surface area contributed by atoms with Gasteiger partial charge in [-0.05, 0) is 44.6 Å². The van der Waals surface area contributed by atoms with E-state index in [1.165, 1.54) is 51.5 Å². The Morgan fingerprint density at radius 1 is 1.07 bits per heavy atom. The van der Waals surface area contributed by atoms with E-state index in [1.807, 2.05) is 0 Å². The molecular formula is C13H25N. The number of likely N-dealkylation sites (tertiary alicyclic amines) is 1. The fraction of sp³-hybridized carbons (Fsp3) is 1.00. The van der Waals surface area contributed by atoms with Crippen molar-refractivity contribution in [2.75, 3.05) is 6.54 Å². The van der Waals surface area contributed by atoms with Crippen LogP contribution in [0.25, 0.3) is 0 Å². The summed E-state index contributed by atoms with van der Waals surface area (Å²) in [6.45, 7) is 6.12. The van der Waals surface area contributed by atoms with Crippen LogP contribution in [0.2, 0.25) is 0 Å². The van der Waals surface area contributed by atoms with Gasteiger partial charge in [0, 0.05) is 12.1 Å². The van der Waals surface area contributed by atoms with Gasteiger partial charge in [0.05, 0.1) is 0 Å². The molecule has 0 aromatic heterocycles. The molecule has 1 saturated carbocycles. The van der Waals surface area contributed by atoms with Crippen molar-refractivity contribution in [3.8, 4) is 0 Å². The summed E-state index contributed by atoms with van der Waals surface area (Å²) in [5.74, 6) is 0.877. The lowest BCUT2D eigenvalue weighted by Crippen LogP contribution is -2.38. The van der Waals surface area contributed by atoms with Gasteiger partial charge in [-0.15, -0.1) is 0 Å². The Bertz CT molecular complexity index is 170. The SMILES string of the molecule is CC(C)CC1CCCN1C1CCCC1. The van der Waals surface area contributed by atoms with Crippen LogP contribution in [-0.2, 0) is 0 Å².